The predicted molar refractivity (Wildman–Crippen MR) is 115 cm³/mol. The molecule has 0 aromatic heterocycles. The van der Waals surface area contributed by atoms with Gasteiger partial charge in [-0.1, -0.05) is 36.4 Å². The van der Waals surface area contributed by atoms with Crippen molar-refractivity contribution in [3.05, 3.63) is 60.2 Å². The van der Waals surface area contributed by atoms with E-state index in [1.165, 1.54) is 0 Å². The van der Waals surface area contributed by atoms with E-state index in [4.69, 9.17) is 5.73 Å². The molecule has 4 rings (SSSR count). The van der Waals surface area contributed by atoms with Crippen LogP contribution in [-0.4, -0.2) is 60.4 Å². The molecule has 2 saturated heterocycles. The Balaban J connectivity index is 1.28. The Bertz CT molecular complexity index is 862. The molecule has 2 aromatic carbocycles. The zero-order valence-corrected chi connectivity index (χ0v) is 16.7. The Morgan fingerprint density at radius 2 is 1.62 bits per heavy atom. The largest absolute Gasteiger partial charge is 0.399 e. The molecular weight excluding hydrogens is 364 g/mol. The lowest BCUT2D eigenvalue weighted by atomic mass is 10.1. The molecule has 2 fully saturated rings. The first kappa shape index (κ1) is 19.5. The van der Waals surface area contributed by atoms with Gasteiger partial charge in [-0.2, -0.15) is 0 Å². The van der Waals surface area contributed by atoms with Gasteiger partial charge in [-0.3, -0.25) is 14.5 Å². The molecule has 2 N–H and O–H groups in total. The van der Waals surface area contributed by atoms with E-state index in [-0.39, 0.29) is 17.9 Å². The first-order chi connectivity index (χ1) is 14.1. The summed E-state index contributed by atoms with van der Waals surface area (Å²) in [6, 6.07) is 17.5. The molecule has 2 aliphatic heterocycles. The molecule has 0 spiro atoms. The minimum atomic E-state index is -0.0726. The van der Waals surface area contributed by atoms with Crippen molar-refractivity contribution in [1.82, 2.24) is 9.80 Å². The molecule has 6 heteroatoms. The van der Waals surface area contributed by atoms with Crippen LogP contribution in [0.4, 0.5) is 11.4 Å². The van der Waals surface area contributed by atoms with Crippen molar-refractivity contribution in [3.63, 3.8) is 0 Å². The van der Waals surface area contributed by atoms with E-state index in [0.29, 0.717) is 25.9 Å². The molecule has 29 heavy (non-hydrogen) atoms. The van der Waals surface area contributed by atoms with Crippen molar-refractivity contribution >= 4 is 23.2 Å². The minimum absolute atomic E-state index is 0.0726. The number of benzene rings is 2. The number of carbonyl (C=O) groups excluding carboxylic acids is 2. The number of nitrogens with zero attached hydrogens (tertiary/aromatic N) is 3. The van der Waals surface area contributed by atoms with Gasteiger partial charge < -0.3 is 15.5 Å². The van der Waals surface area contributed by atoms with Crippen molar-refractivity contribution in [3.8, 4) is 0 Å². The molecule has 0 bridgehead atoms. The molecule has 0 saturated carbocycles. The van der Waals surface area contributed by atoms with Crippen LogP contribution in [0.1, 0.15) is 18.4 Å². The quantitative estimate of drug-likeness (QED) is 0.792. The fraction of sp³-hybridized carbons (Fsp3) is 0.391. The highest BCUT2D eigenvalue weighted by Gasteiger charge is 2.38. The Morgan fingerprint density at radius 1 is 0.931 bits per heavy atom. The molecule has 2 aromatic rings. The second kappa shape index (κ2) is 8.66. The van der Waals surface area contributed by atoms with Gasteiger partial charge in [-0.05, 0) is 36.6 Å². The summed E-state index contributed by atoms with van der Waals surface area (Å²) in [6.45, 7) is 3.61. The number of hydrogen-bond donors (Lipinski definition) is 1. The third-order valence-electron chi connectivity index (χ3n) is 6.02. The van der Waals surface area contributed by atoms with Crippen molar-refractivity contribution in [2.45, 2.75) is 25.3 Å². The predicted octanol–water partition coefficient (Wildman–Crippen LogP) is 2.15. The highest BCUT2D eigenvalue weighted by molar-refractivity contribution is 5.99. The standard InChI is InChI=1S/C23H28N4O2/c24-20-9-5-4-6-18(20)10-11-22(28)26-16-14-25(15-17-26)21-12-13-27(23(21)29)19-7-2-1-3-8-19/h1-9,21H,10-17,24H2. The molecule has 0 radical (unpaired) electrons. The topological polar surface area (TPSA) is 69.9 Å². The van der Waals surface area contributed by atoms with Gasteiger partial charge >= 0.3 is 0 Å². The maximum atomic E-state index is 12.9. The van der Waals surface area contributed by atoms with Crippen molar-refractivity contribution in [1.29, 1.82) is 0 Å². The van der Waals surface area contributed by atoms with E-state index < -0.39 is 0 Å². The number of anilines is 2. The van der Waals surface area contributed by atoms with Gasteiger partial charge in [-0.25, -0.2) is 0 Å². The van der Waals surface area contributed by atoms with Crippen LogP contribution in [0.2, 0.25) is 0 Å². The van der Waals surface area contributed by atoms with Crippen LogP contribution in [0.25, 0.3) is 0 Å². The number of amides is 2. The molecule has 152 valence electrons. The first-order valence-corrected chi connectivity index (χ1v) is 10.3. The lowest BCUT2D eigenvalue weighted by molar-refractivity contribution is -0.133. The fourth-order valence-electron chi connectivity index (χ4n) is 4.31. The van der Waals surface area contributed by atoms with Crippen LogP contribution >= 0.6 is 0 Å². The normalized spacial score (nSPS) is 20.3. The zero-order chi connectivity index (χ0) is 20.2. The summed E-state index contributed by atoms with van der Waals surface area (Å²) in [7, 11) is 0. The molecule has 2 amide bonds. The highest BCUT2D eigenvalue weighted by Crippen LogP contribution is 2.25. The zero-order valence-electron chi connectivity index (χ0n) is 16.7. The van der Waals surface area contributed by atoms with Gasteiger partial charge in [0.05, 0.1) is 6.04 Å². The van der Waals surface area contributed by atoms with E-state index in [1.54, 1.807) is 0 Å². The van der Waals surface area contributed by atoms with Crippen molar-refractivity contribution in [2.24, 2.45) is 0 Å². The van der Waals surface area contributed by atoms with Gasteiger partial charge in [0.25, 0.3) is 0 Å². The number of para-hydroxylation sites is 2. The molecule has 6 nitrogen and oxygen atoms in total. The fourth-order valence-corrected chi connectivity index (χ4v) is 4.31. The maximum Gasteiger partial charge on any atom is 0.244 e. The van der Waals surface area contributed by atoms with Gasteiger partial charge in [0.1, 0.15) is 0 Å². The van der Waals surface area contributed by atoms with Crippen LogP contribution in [0.15, 0.2) is 54.6 Å². The average molecular weight is 393 g/mol. The van der Waals surface area contributed by atoms with Crippen LogP contribution < -0.4 is 10.6 Å². The number of nitrogens with two attached hydrogens (primary N) is 1. The summed E-state index contributed by atoms with van der Waals surface area (Å²) >= 11 is 0. The molecule has 2 heterocycles. The van der Waals surface area contributed by atoms with Crippen molar-refractivity contribution < 1.29 is 9.59 Å². The summed E-state index contributed by atoms with van der Waals surface area (Å²) < 4.78 is 0. The molecule has 1 unspecified atom stereocenters. The highest BCUT2D eigenvalue weighted by atomic mass is 16.2. The maximum absolute atomic E-state index is 12.9. The van der Waals surface area contributed by atoms with E-state index in [1.807, 2.05) is 64.4 Å². The van der Waals surface area contributed by atoms with Gasteiger partial charge in [0.2, 0.25) is 11.8 Å². The molecule has 1 atom stereocenters. The SMILES string of the molecule is Nc1ccccc1CCC(=O)N1CCN(C2CCN(c3ccccc3)C2=O)CC1. The van der Waals surface area contributed by atoms with Crippen LogP contribution in [0.5, 0.6) is 0 Å². The third kappa shape index (κ3) is 4.27. The van der Waals surface area contributed by atoms with E-state index in [2.05, 4.69) is 4.90 Å². The van der Waals surface area contributed by atoms with Crippen LogP contribution in [0.3, 0.4) is 0 Å². The number of nitrogen functional groups attached to an aromatic ring is 1. The Labute approximate surface area is 171 Å². The smallest absolute Gasteiger partial charge is 0.244 e. The number of aryl methyl sites for hydroxylation is 1. The van der Waals surface area contributed by atoms with Crippen LogP contribution in [0, 0.1) is 0 Å². The van der Waals surface area contributed by atoms with Crippen molar-refractivity contribution in [2.75, 3.05) is 43.4 Å². The summed E-state index contributed by atoms with van der Waals surface area (Å²) in [5.74, 6) is 0.340. The van der Waals surface area contributed by atoms with E-state index in [0.717, 1.165) is 43.0 Å². The Hall–Kier alpha value is -2.86. The van der Waals surface area contributed by atoms with E-state index >= 15 is 0 Å². The average Bonchev–Trinajstić information content (AvgIpc) is 3.15. The summed E-state index contributed by atoms with van der Waals surface area (Å²) in [4.78, 5) is 31.5. The lowest BCUT2D eigenvalue weighted by Gasteiger charge is -2.37. The molecule has 0 aliphatic carbocycles. The minimum Gasteiger partial charge on any atom is -0.399 e. The lowest BCUT2D eigenvalue weighted by Crippen LogP contribution is -2.53. The van der Waals surface area contributed by atoms with Crippen LogP contribution in [-0.2, 0) is 16.0 Å². The second-order valence-electron chi connectivity index (χ2n) is 7.75. The Morgan fingerprint density at radius 3 is 2.34 bits per heavy atom. The monoisotopic (exact) mass is 392 g/mol. The summed E-state index contributed by atoms with van der Waals surface area (Å²) in [5, 5.41) is 0. The summed E-state index contributed by atoms with van der Waals surface area (Å²) in [6.07, 6.45) is 1.98. The summed E-state index contributed by atoms with van der Waals surface area (Å²) in [5.41, 5.74) is 8.71. The Kier molecular flexibility index (Phi) is 5.81. The number of hydrogen-bond acceptors (Lipinski definition) is 4. The number of carbonyl (C=O) groups is 2. The molecule has 2 aliphatic rings. The van der Waals surface area contributed by atoms with Gasteiger partial charge in [0, 0.05) is 50.5 Å². The second-order valence-corrected chi connectivity index (χ2v) is 7.75. The van der Waals surface area contributed by atoms with E-state index in [9.17, 15) is 9.59 Å². The van der Waals surface area contributed by atoms with Gasteiger partial charge in [-0.15, -0.1) is 0 Å². The first-order valence-electron chi connectivity index (χ1n) is 10.3. The molecular formula is C23H28N4O2. The number of rotatable bonds is 5. The number of piperazine rings is 1. The van der Waals surface area contributed by atoms with Gasteiger partial charge in [0.15, 0.2) is 0 Å². The third-order valence-corrected chi connectivity index (χ3v) is 6.02.